The smallest absolute Gasteiger partial charge is 0.307 e. The van der Waals surface area contributed by atoms with Crippen LogP contribution >= 0.6 is 27.3 Å². The van der Waals surface area contributed by atoms with E-state index in [0.29, 0.717) is 56.8 Å². The van der Waals surface area contributed by atoms with Gasteiger partial charge in [0.2, 0.25) is 5.91 Å². The molecule has 1 N–H and O–H groups in total. The van der Waals surface area contributed by atoms with Crippen LogP contribution in [0.2, 0.25) is 0 Å². The lowest BCUT2D eigenvalue weighted by atomic mass is 9.77. The molecule has 3 aliphatic rings. The Morgan fingerprint density at radius 1 is 1.15 bits per heavy atom. The summed E-state index contributed by atoms with van der Waals surface area (Å²) >= 11 is 5.30. The predicted molar refractivity (Wildman–Crippen MR) is 158 cm³/mol. The largest absolute Gasteiger partial charge is 0.486 e. The van der Waals surface area contributed by atoms with Crippen molar-refractivity contribution < 1.29 is 24.2 Å². The van der Waals surface area contributed by atoms with Crippen molar-refractivity contribution >= 4 is 45.1 Å². The van der Waals surface area contributed by atoms with E-state index in [1.165, 1.54) is 0 Å². The highest BCUT2D eigenvalue weighted by molar-refractivity contribution is 9.10. The summed E-state index contributed by atoms with van der Waals surface area (Å²) in [5.41, 5.74) is 3.58. The first kappa shape index (κ1) is 27.9. The maximum Gasteiger partial charge on any atom is 0.307 e. The average molecular weight is 639 g/mol. The number of carboxylic acids is 1. The van der Waals surface area contributed by atoms with Gasteiger partial charge in [-0.05, 0) is 55.5 Å². The molecule has 2 aliphatic heterocycles. The summed E-state index contributed by atoms with van der Waals surface area (Å²) in [5, 5.41) is 10.8. The number of nitrogens with zero attached hydrogens (tertiary/aromatic N) is 3. The van der Waals surface area contributed by atoms with E-state index >= 15 is 0 Å². The molecule has 0 radical (unpaired) electrons. The quantitative estimate of drug-likeness (QED) is 0.353. The fraction of sp³-hybridized carbons (Fsp3) is 0.419. The first-order chi connectivity index (χ1) is 19.8. The number of aromatic nitrogens is 1. The number of carbonyl (C=O) groups excluding carboxylic acids is 2. The molecule has 41 heavy (non-hydrogen) atoms. The summed E-state index contributed by atoms with van der Waals surface area (Å²) in [6.45, 7) is 3.50. The van der Waals surface area contributed by atoms with Crippen LogP contribution in [0.15, 0.2) is 47.1 Å². The third kappa shape index (κ3) is 5.39. The van der Waals surface area contributed by atoms with Gasteiger partial charge in [-0.15, -0.1) is 11.3 Å². The Morgan fingerprint density at radius 3 is 2.66 bits per heavy atom. The van der Waals surface area contributed by atoms with Crippen molar-refractivity contribution in [3.63, 3.8) is 0 Å². The number of thiazole rings is 1. The Labute approximate surface area is 251 Å². The number of benzene rings is 2. The molecule has 0 saturated heterocycles. The summed E-state index contributed by atoms with van der Waals surface area (Å²) in [7, 11) is 0. The van der Waals surface area contributed by atoms with Crippen LogP contribution in [0.3, 0.4) is 0 Å². The van der Waals surface area contributed by atoms with Gasteiger partial charge in [0.25, 0.3) is 5.91 Å². The Morgan fingerprint density at radius 2 is 1.93 bits per heavy atom. The maximum atomic E-state index is 14.2. The van der Waals surface area contributed by atoms with E-state index in [2.05, 4.69) is 20.9 Å². The number of fused-ring (bicyclic) bond motifs is 2. The average Bonchev–Trinajstić information content (AvgIpc) is 3.54. The van der Waals surface area contributed by atoms with Crippen molar-refractivity contribution in [3.8, 4) is 5.75 Å². The number of rotatable bonds is 7. The number of aliphatic carboxylic acids is 1. The van der Waals surface area contributed by atoms with E-state index in [4.69, 9.17) is 4.74 Å². The highest BCUT2D eigenvalue weighted by atomic mass is 79.9. The molecule has 0 spiro atoms. The molecule has 1 aromatic heterocycles. The Hall–Kier alpha value is -3.24. The first-order valence-electron chi connectivity index (χ1n) is 14.1. The minimum Gasteiger partial charge on any atom is -0.486 e. The fourth-order valence-corrected chi connectivity index (χ4v) is 7.82. The molecule has 2 aromatic carbocycles. The van der Waals surface area contributed by atoms with Crippen molar-refractivity contribution in [2.24, 2.45) is 11.8 Å². The zero-order valence-corrected chi connectivity index (χ0v) is 25.2. The monoisotopic (exact) mass is 637 g/mol. The van der Waals surface area contributed by atoms with Crippen LogP contribution in [-0.4, -0.2) is 50.8 Å². The molecule has 8 nitrogen and oxygen atoms in total. The number of halogens is 1. The van der Waals surface area contributed by atoms with Gasteiger partial charge in [0.05, 0.1) is 17.9 Å². The van der Waals surface area contributed by atoms with Crippen LogP contribution in [0.4, 0.5) is 0 Å². The van der Waals surface area contributed by atoms with Gasteiger partial charge in [-0.25, -0.2) is 4.98 Å². The van der Waals surface area contributed by atoms with Crippen molar-refractivity contribution in [2.75, 3.05) is 13.1 Å². The van der Waals surface area contributed by atoms with Gasteiger partial charge >= 0.3 is 5.97 Å². The Bertz CT molecular complexity index is 1510. The molecule has 2 amide bonds. The number of aryl methyl sites for hydroxylation is 1. The number of carbonyl (C=O) groups is 3. The molecular formula is C31H32BrN3O5S. The second-order valence-electron chi connectivity index (χ2n) is 11.1. The van der Waals surface area contributed by atoms with Crippen LogP contribution in [-0.2, 0) is 29.2 Å². The SMILES string of the molecule is Cc1cnc(COc2ccc(Br)c3c2[C@@H](CN2Cc4ccccc4C2=O)N(C(=O)[C@@H]2CCCC[C@@H]2C(=O)O)CC3)s1. The van der Waals surface area contributed by atoms with Gasteiger partial charge in [-0.2, -0.15) is 0 Å². The van der Waals surface area contributed by atoms with E-state index < -0.39 is 23.8 Å². The molecule has 10 heteroatoms. The summed E-state index contributed by atoms with van der Waals surface area (Å²) < 4.78 is 7.30. The van der Waals surface area contributed by atoms with Crippen LogP contribution in [0.25, 0.3) is 0 Å². The molecule has 1 aliphatic carbocycles. The van der Waals surface area contributed by atoms with Crippen LogP contribution in [0.5, 0.6) is 5.75 Å². The minimum atomic E-state index is -0.910. The Balaban J connectivity index is 1.38. The van der Waals surface area contributed by atoms with Crippen LogP contribution in [0.1, 0.15) is 68.7 Å². The normalized spacial score (nSPS) is 21.9. The van der Waals surface area contributed by atoms with Crippen molar-refractivity contribution in [1.29, 1.82) is 0 Å². The van der Waals surface area contributed by atoms with Gasteiger partial charge in [-0.3, -0.25) is 14.4 Å². The highest BCUT2D eigenvalue weighted by Gasteiger charge is 2.44. The molecule has 3 heterocycles. The molecule has 0 unspecified atom stereocenters. The zero-order valence-electron chi connectivity index (χ0n) is 22.8. The number of carboxylic acid groups (broad SMARTS) is 1. The fourth-order valence-electron chi connectivity index (χ4n) is 6.57. The predicted octanol–water partition coefficient (Wildman–Crippen LogP) is 5.77. The van der Waals surface area contributed by atoms with Crippen molar-refractivity contribution in [3.05, 3.63) is 79.2 Å². The van der Waals surface area contributed by atoms with Gasteiger partial charge in [0.15, 0.2) is 0 Å². The topological polar surface area (TPSA) is 100 Å². The summed E-state index contributed by atoms with van der Waals surface area (Å²) in [5.74, 6) is -1.72. The molecular weight excluding hydrogens is 606 g/mol. The zero-order chi connectivity index (χ0) is 28.7. The third-order valence-electron chi connectivity index (χ3n) is 8.57. The lowest BCUT2D eigenvalue weighted by molar-refractivity contribution is -0.153. The van der Waals surface area contributed by atoms with Crippen molar-refractivity contribution in [1.82, 2.24) is 14.8 Å². The second kappa shape index (κ2) is 11.6. The molecule has 0 bridgehead atoms. The molecule has 214 valence electrons. The highest BCUT2D eigenvalue weighted by Crippen LogP contribution is 2.44. The van der Waals surface area contributed by atoms with E-state index in [-0.39, 0.29) is 11.8 Å². The molecule has 1 saturated carbocycles. The van der Waals surface area contributed by atoms with E-state index in [0.717, 1.165) is 43.9 Å². The first-order valence-corrected chi connectivity index (χ1v) is 15.7. The summed E-state index contributed by atoms with van der Waals surface area (Å²) in [6.07, 6.45) is 5.14. The van der Waals surface area contributed by atoms with Crippen LogP contribution in [0, 0.1) is 18.8 Å². The minimum absolute atomic E-state index is 0.0584. The van der Waals surface area contributed by atoms with Crippen LogP contribution < -0.4 is 4.74 Å². The van der Waals surface area contributed by atoms with Gasteiger partial charge in [0.1, 0.15) is 17.4 Å². The standard InChI is InChI=1S/C31H32BrN3O5S/c1-18-14-33-27(41-18)17-40-26-11-10-24(32)23-12-13-35(30(37)21-8-4-5-9-22(21)31(38)39)25(28(23)26)16-34-15-19-6-2-3-7-20(19)29(34)36/h2-3,6-7,10-11,14,21-22,25H,4-5,8-9,12-13,15-17H2,1H3,(H,38,39)/t21-,22+,25-/m1/s1. The number of hydrogen-bond acceptors (Lipinski definition) is 6. The molecule has 1 fully saturated rings. The third-order valence-corrected chi connectivity index (χ3v) is 10.2. The lowest BCUT2D eigenvalue weighted by Crippen LogP contribution is -2.50. The number of amides is 2. The van der Waals surface area contributed by atoms with E-state index in [1.807, 2.05) is 54.4 Å². The molecule has 3 atom stereocenters. The summed E-state index contributed by atoms with van der Waals surface area (Å²) in [6, 6.07) is 11.0. The molecule has 6 rings (SSSR count). The van der Waals surface area contributed by atoms with E-state index in [1.54, 1.807) is 16.2 Å². The van der Waals surface area contributed by atoms with E-state index in [9.17, 15) is 19.5 Å². The number of ether oxygens (including phenoxy) is 1. The summed E-state index contributed by atoms with van der Waals surface area (Å²) in [4.78, 5) is 49.0. The maximum absolute atomic E-state index is 14.2. The Kier molecular flexibility index (Phi) is 7.87. The second-order valence-corrected chi connectivity index (χ2v) is 13.2. The van der Waals surface area contributed by atoms with Gasteiger partial charge in [0, 0.05) is 46.3 Å². The van der Waals surface area contributed by atoms with Crippen molar-refractivity contribution in [2.45, 2.75) is 58.2 Å². The van der Waals surface area contributed by atoms with Gasteiger partial charge in [-0.1, -0.05) is 47.0 Å². The number of hydrogen-bond donors (Lipinski definition) is 1. The van der Waals surface area contributed by atoms with Gasteiger partial charge < -0.3 is 19.6 Å². The lowest BCUT2D eigenvalue weighted by Gasteiger charge is -2.43. The molecule has 3 aromatic rings.